The first-order valence-electron chi connectivity index (χ1n) is 9.53. The molecule has 2 aromatic carbocycles. The molecule has 3 aromatic rings. The van der Waals surface area contributed by atoms with E-state index in [1.807, 2.05) is 42.5 Å². The number of carbonyl (C=O) groups excluding carboxylic acids is 1. The van der Waals surface area contributed by atoms with Crippen LogP contribution in [0.25, 0.3) is 22.4 Å². The summed E-state index contributed by atoms with van der Waals surface area (Å²) in [5.74, 6) is 0.458. The first-order chi connectivity index (χ1) is 14.2. The zero-order valence-corrected chi connectivity index (χ0v) is 16.3. The number of nitrogens with one attached hydrogen (secondary N) is 1. The molecule has 0 fully saturated rings. The maximum Gasteiger partial charge on any atom is 0.337 e. The van der Waals surface area contributed by atoms with Crippen molar-refractivity contribution in [3.8, 4) is 0 Å². The third-order valence-corrected chi connectivity index (χ3v) is 4.83. The fraction of sp³-hybridized carbons (Fsp3) is 0.167. The third kappa shape index (κ3) is 3.99. The molecule has 0 unspecified atom stereocenters. The minimum absolute atomic E-state index is 0.360. The number of allylic oxidation sites excluding steroid dienone is 1. The summed E-state index contributed by atoms with van der Waals surface area (Å²) in [5, 5.41) is 4.34. The van der Waals surface area contributed by atoms with E-state index >= 15 is 0 Å². The van der Waals surface area contributed by atoms with Crippen molar-refractivity contribution in [1.82, 2.24) is 4.98 Å². The second-order valence-corrected chi connectivity index (χ2v) is 6.80. The number of rotatable bonds is 5. The maximum absolute atomic E-state index is 11.6. The van der Waals surface area contributed by atoms with Gasteiger partial charge in [0.15, 0.2) is 0 Å². The highest BCUT2D eigenvalue weighted by atomic mass is 16.5. The van der Waals surface area contributed by atoms with Crippen LogP contribution in [0.15, 0.2) is 67.3 Å². The molecule has 0 spiro atoms. The first-order valence-corrected chi connectivity index (χ1v) is 9.53. The Morgan fingerprint density at radius 3 is 2.69 bits per heavy atom. The number of hydrogen-bond donors (Lipinski definition) is 1. The number of pyridine rings is 1. The molecule has 2 heterocycles. The molecule has 146 valence electrons. The number of carbonyl (C=O) groups is 1. The Kier molecular flexibility index (Phi) is 5.29. The fourth-order valence-corrected chi connectivity index (χ4v) is 3.34. The summed E-state index contributed by atoms with van der Waals surface area (Å²) in [6.07, 6.45) is 4.11. The lowest BCUT2D eigenvalue weighted by molar-refractivity contribution is 0.0601. The molecule has 1 aliphatic rings. The molecule has 5 heteroatoms. The zero-order chi connectivity index (χ0) is 20.2. The Labute approximate surface area is 169 Å². The van der Waals surface area contributed by atoms with Gasteiger partial charge >= 0.3 is 5.97 Å². The summed E-state index contributed by atoms with van der Waals surface area (Å²) >= 11 is 0. The molecule has 0 aliphatic carbocycles. The van der Waals surface area contributed by atoms with E-state index in [1.165, 1.54) is 7.11 Å². The van der Waals surface area contributed by atoms with E-state index in [2.05, 4.69) is 18.0 Å². The van der Waals surface area contributed by atoms with E-state index in [-0.39, 0.29) is 5.97 Å². The zero-order valence-electron chi connectivity index (χ0n) is 16.3. The Morgan fingerprint density at radius 2 is 1.97 bits per heavy atom. The third-order valence-electron chi connectivity index (χ3n) is 4.83. The van der Waals surface area contributed by atoms with Gasteiger partial charge in [0.25, 0.3) is 0 Å². The van der Waals surface area contributed by atoms with Crippen LogP contribution in [0.1, 0.15) is 34.5 Å². The van der Waals surface area contributed by atoms with Gasteiger partial charge in [0, 0.05) is 22.3 Å². The van der Waals surface area contributed by atoms with Gasteiger partial charge in [-0.15, -0.1) is 0 Å². The highest BCUT2D eigenvalue weighted by Crippen LogP contribution is 2.29. The van der Waals surface area contributed by atoms with Crippen LogP contribution in [0.4, 0.5) is 5.69 Å². The number of nitrogens with zero attached hydrogens (tertiary/aromatic N) is 1. The summed E-state index contributed by atoms with van der Waals surface area (Å²) in [5.41, 5.74) is 4.73. The topological polar surface area (TPSA) is 60.5 Å². The predicted molar refractivity (Wildman–Crippen MR) is 115 cm³/mol. The summed E-state index contributed by atoms with van der Waals surface area (Å²) < 4.78 is 10.6. The monoisotopic (exact) mass is 386 g/mol. The Morgan fingerprint density at radius 1 is 1.17 bits per heavy atom. The largest absolute Gasteiger partial charge is 0.492 e. The van der Waals surface area contributed by atoms with E-state index in [9.17, 15) is 4.79 Å². The van der Waals surface area contributed by atoms with E-state index in [0.717, 1.165) is 52.1 Å². The van der Waals surface area contributed by atoms with Gasteiger partial charge in [0.05, 0.1) is 24.8 Å². The van der Waals surface area contributed by atoms with Gasteiger partial charge in [-0.25, -0.2) is 9.78 Å². The molecular weight excluding hydrogens is 364 g/mol. The Bertz CT molecular complexity index is 1100. The molecular formula is C24H22N2O3. The number of methoxy groups -OCH3 is 1. The molecule has 4 rings (SSSR count). The van der Waals surface area contributed by atoms with E-state index in [1.54, 1.807) is 12.1 Å². The minimum Gasteiger partial charge on any atom is -0.492 e. The van der Waals surface area contributed by atoms with Crippen molar-refractivity contribution >= 4 is 34.0 Å². The Hall–Kier alpha value is -3.60. The van der Waals surface area contributed by atoms with Crippen LogP contribution in [0, 0.1) is 0 Å². The lowest BCUT2D eigenvalue weighted by Gasteiger charge is -2.18. The number of aromatic nitrogens is 1. The van der Waals surface area contributed by atoms with Crippen molar-refractivity contribution in [3.05, 3.63) is 84.1 Å². The van der Waals surface area contributed by atoms with Crippen molar-refractivity contribution in [2.24, 2.45) is 0 Å². The molecule has 1 aromatic heterocycles. The smallest absolute Gasteiger partial charge is 0.337 e. The van der Waals surface area contributed by atoms with Crippen molar-refractivity contribution in [2.75, 3.05) is 19.0 Å². The molecule has 1 N–H and O–H groups in total. The number of ether oxygens (including phenoxy) is 2. The van der Waals surface area contributed by atoms with Crippen molar-refractivity contribution in [1.29, 1.82) is 0 Å². The van der Waals surface area contributed by atoms with Crippen molar-refractivity contribution in [3.63, 3.8) is 0 Å². The predicted octanol–water partition coefficient (Wildman–Crippen LogP) is 5.26. The van der Waals surface area contributed by atoms with Crippen LogP contribution in [-0.4, -0.2) is 24.7 Å². The number of esters is 1. The van der Waals surface area contributed by atoms with E-state index in [0.29, 0.717) is 12.2 Å². The molecule has 0 saturated carbocycles. The Balaban J connectivity index is 1.67. The second-order valence-electron chi connectivity index (χ2n) is 6.80. The number of para-hydroxylation sites is 1. The van der Waals surface area contributed by atoms with Crippen LogP contribution in [0.3, 0.4) is 0 Å². The van der Waals surface area contributed by atoms with E-state index < -0.39 is 0 Å². The molecule has 0 bridgehead atoms. The summed E-state index contributed by atoms with van der Waals surface area (Å²) in [7, 11) is 1.37. The molecule has 1 aliphatic heterocycles. The van der Waals surface area contributed by atoms with Gasteiger partial charge in [0.1, 0.15) is 11.5 Å². The number of benzene rings is 2. The van der Waals surface area contributed by atoms with Crippen molar-refractivity contribution < 1.29 is 14.3 Å². The molecule has 0 saturated heterocycles. The van der Waals surface area contributed by atoms with Crippen molar-refractivity contribution in [2.45, 2.75) is 12.8 Å². The fourth-order valence-electron chi connectivity index (χ4n) is 3.34. The molecule has 0 radical (unpaired) electrons. The lowest BCUT2D eigenvalue weighted by Crippen LogP contribution is -2.05. The van der Waals surface area contributed by atoms with Gasteiger partial charge in [0.2, 0.25) is 0 Å². The van der Waals surface area contributed by atoms with Gasteiger partial charge in [-0.1, -0.05) is 24.8 Å². The number of fused-ring (bicyclic) bond motifs is 1. The summed E-state index contributed by atoms with van der Waals surface area (Å²) in [6.45, 7) is 4.95. The molecule has 29 heavy (non-hydrogen) atoms. The highest BCUT2D eigenvalue weighted by Gasteiger charge is 2.14. The molecule has 5 nitrogen and oxygen atoms in total. The van der Waals surface area contributed by atoms with Crippen LogP contribution in [-0.2, 0) is 9.47 Å². The normalized spacial score (nSPS) is 13.3. The number of hydrogen-bond acceptors (Lipinski definition) is 5. The number of anilines is 1. The van der Waals surface area contributed by atoms with Gasteiger partial charge < -0.3 is 14.8 Å². The summed E-state index contributed by atoms with van der Waals surface area (Å²) in [6, 6.07) is 17.1. The van der Waals surface area contributed by atoms with Crippen LogP contribution < -0.4 is 5.32 Å². The quantitative estimate of drug-likeness (QED) is 0.607. The summed E-state index contributed by atoms with van der Waals surface area (Å²) in [4.78, 5) is 16.4. The van der Waals surface area contributed by atoms with Gasteiger partial charge in [-0.3, -0.25) is 0 Å². The standard InChI is InChI=1S/C24H22N2O3/c1-16(25-18-12-10-17(11-13-18)24(27)28-2)20-15-22(23-9-5-6-14-29-23)26-21-8-4-3-7-19(20)21/h3-4,7-13,15,25H,1,5-6,14H2,2H3. The highest BCUT2D eigenvalue weighted by molar-refractivity contribution is 5.95. The lowest BCUT2D eigenvalue weighted by atomic mass is 10.0. The van der Waals surface area contributed by atoms with Crippen LogP contribution >= 0.6 is 0 Å². The van der Waals surface area contributed by atoms with Crippen LogP contribution in [0.2, 0.25) is 0 Å². The molecule has 0 atom stereocenters. The SMILES string of the molecule is C=C(Nc1ccc(C(=O)OC)cc1)c1cc(C2=CCCCO2)nc2ccccc12. The molecule has 0 amide bonds. The maximum atomic E-state index is 11.6. The van der Waals surface area contributed by atoms with Gasteiger partial charge in [-0.05, 0) is 55.3 Å². The average Bonchev–Trinajstić information content (AvgIpc) is 2.78. The van der Waals surface area contributed by atoms with E-state index in [4.69, 9.17) is 14.5 Å². The minimum atomic E-state index is -0.360. The average molecular weight is 386 g/mol. The first kappa shape index (κ1) is 18.7. The van der Waals surface area contributed by atoms with Gasteiger partial charge in [-0.2, -0.15) is 0 Å². The van der Waals surface area contributed by atoms with Crippen LogP contribution in [0.5, 0.6) is 0 Å². The second kappa shape index (κ2) is 8.19.